The number of halogens is 1. The van der Waals surface area contributed by atoms with Crippen LogP contribution in [-0.2, 0) is 19.1 Å². The minimum Gasteiger partial charge on any atom is -0.396 e. The van der Waals surface area contributed by atoms with E-state index in [1.165, 1.54) is 4.90 Å². The molecule has 3 saturated heterocycles. The maximum Gasteiger partial charge on any atom is 0.246 e. The normalized spacial score (nSPS) is 37.1. The average Bonchev–Trinajstić information content (AvgIpc) is 3.23. The van der Waals surface area contributed by atoms with Gasteiger partial charge in [-0.05, 0) is 26.2 Å². The van der Waals surface area contributed by atoms with E-state index in [0.29, 0.717) is 12.8 Å². The van der Waals surface area contributed by atoms with Gasteiger partial charge in [-0.15, -0.1) is 0 Å². The van der Waals surface area contributed by atoms with Crippen LogP contribution >= 0.6 is 15.9 Å². The number of likely N-dealkylation sites (tertiary alicyclic amines) is 1. The van der Waals surface area contributed by atoms with E-state index in [1.807, 2.05) is 6.92 Å². The summed E-state index contributed by atoms with van der Waals surface area (Å²) in [4.78, 5) is 40.6. The number of fused-ring (bicyclic) bond motifs is 1. The second kappa shape index (κ2) is 8.28. The van der Waals surface area contributed by atoms with E-state index in [-0.39, 0.29) is 41.7 Å². The number of hydrogen-bond donors (Lipinski definition) is 3. The zero-order valence-corrected chi connectivity index (χ0v) is 18.2. The van der Waals surface area contributed by atoms with E-state index < -0.39 is 29.6 Å². The van der Waals surface area contributed by atoms with E-state index in [1.54, 1.807) is 7.05 Å². The first kappa shape index (κ1) is 21.5. The van der Waals surface area contributed by atoms with Gasteiger partial charge in [-0.2, -0.15) is 0 Å². The number of carbonyl (C=O) groups is 3. The largest absolute Gasteiger partial charge is 0.396 e. The predicted molar refractivity (Wildman–Crippen MR) is 106 cm³/mol. The van der Waals surface area contributed by atoms with Gasteiger partial charge in [0, 0.05) is 31.1 Å². The standard InChI is InChI=1S/C19H30BrN3O5/c1-4-6-10(2)22-17(26)15-19-9-11(20)14(28-19)12(16(25)21-3)13(19)18(27)23(15)7-5-8-24/h10-15,24H,4-9H2,1-3H3,(H,21,25)(H,22,26)/t10?,11?,12-,13+,14-,15?,19?/m1/s1. The van der Waals surface area contributed by atoms with Gasteiger partial charge in [-0.25, -0.2) is 0 Å². The van der Waals surface area contributed by atoms with Crippen molar-refractivity contribution in [1.29, 1.82) is 0 Å². The van der Waals surface area contributed by atoms with Gasteiger partial charge in [-0.1, -0.05) is 29.3 Å². The molecule has 158 valence electrons. The van der Waals surface area contributed by atoms with Crippen molar-refractivity contribution in [2.45, 2.75) is 68.1 Å². The van der Waals surface area contributed by atoms with Crippen molar-refractivity contribution >= 4 is 33.7 Å². The minimum absolute atomic E-state index is 0.0177. The average molecular weight is 460 g/mol. The van der Waals surface area contributed by atoms with Crippen LogP contribution < -0.4 is 10.6 Å². The van der Waals surface area contributed by atoms with Gasteiger partial charge in [-0.3, -0.25) is 14.4 Å². The van der Waals surface area contributed by atoms with Gasteiger partial charge >= 0.3 is 0 Å². The molecule has 0 radical (unpaired) electrons. The van der Waals surface area contributed by atoms with Crippen LogP contribution in [0.4, 0.5) is 0 Å². The Hall–Kier alpha value is -1.19. The molecule has 4 unspecified atom stereocenters. The molecule has 3 heterocycles. The molecule has 3 N–H and O–H groups in total. The van der Waals surface area contributed by atoms with Crippen LogP contribution in [0.3, 0.4) is 0 Å². The van der Waals surface area contributed by atoms with Crippen LogP contribution in [0, 0.1) is 11.8 Å². The van der Waals surface area contributed by atoms with Crippen molar-refractivity contribution in [3.8, 4) is 0 Å². The highest BCUT2D eigenvalue weighted by Gasteiger charge is 2.76. The molecule has 0 aromatic carbocycles. The van der Waals surface area contributed by atoms with Crippen LogP contribution in [0.5, 0.6) is 0 Å². The highest BCUT2D eigenvalue weighted by Crippen LogP contribution is 2.59. The highest BCUT2D eigenvalue weighted by atomic mass is 79.9. The summed E-state index contributed by atoms with van der Waals surface area (Å²) < 4.78 is 6.29. The van der Waals surface area contributed by atoms with E-state index in [2.05, 4.69) is 33.5 Å². The summed E-state index contributed by atoms with van der Waals surface area (Å²) in [5.74, 6) is -2.02. The SMILES string of the molecule is CCCC(C)NC(=O)C1N(CCCO)C(=O)[C@@H]2[C@@H](C(=O)NC)[C@@H]3OC12CC3Br. The van der Waals surface area contributed by atoms with Crippen LogP contribution in [-0.4, -0.2) is 76.5 Å². The molecule has 0 aromatic heterocycles. The van der Waals surface area contributed by atoms with Crippen molar-refractivity contribution in [3.05, 3.63) is 0 Å². The highest BCUT2D eigenvalue weighted by molar-refractivity contribution is 9.09. The fraction of sp³-hybridized carbons (Fsp3) is 0.842. The Morgan fingerprint density at radius 3 is 2.75 bits per heavy atom. The van der Waals surface area contributed by atoms with E-state index in [0.717, 1.165) is 12.8 Å². The molecule has 0 aliphatic carbocycles. The minimum atomic E-state index is -1.02. The maximum atomic E-state index is 13.3. The molecule has 9 heteroatoms. The summed E-state index contributed by atoms with van der Waals surface area (Å²) >= 11 is 3.60. The zero-order chi connectivity index (χ0) is 20.6. The van der Waals surface area contributed by atoms with E-state index in [9.17, 15) is 19.5 Å². The van der Waals surface area contributed by atoms with E-state index >= 15 is 0 Å². The Morgan fingerprint density at radius 1 is 1.43 bits per heavy atom. The van der Waals surface area contributed by atoms with Gasteiger partial charge in [0.1, 0.15) is 11.6 Å². The van der Waals surface area contributed by atoms with Gasteiger partial charge in [0.2, 0.25) is 17.7 Å². The first-order valence-corrected chi connectivity index (χ1v) is 11.0. The number of aliphatic hydroxyl groups is 1. The number of nitrogens with one attached hydrogen (secondary N) is 2. The van der Waals surface area contributed by atoms with Crippen molar-refractivity contribution in [3.63, 3.8) is 0 Å². The van der Waals surface area contributed by atoms with E-state index in [4.69, 9.17) is 4.74 Å². The van der Waals surface area contributed by atoms with Gasteiger partial charge in [0.15, 0.2) is 0 Å². The molecule has 3 rings (SSSR count). The van der Waals surface area contributed by atoms with Crippen molar-refractivity contribution in [2.75, 3.05) is 20.2 Å². The summed E-state index contributed by atoms with van der Waals surface area (Å²) in [5, 5.41) is 14.9. The second-order valence-electron chi connectivity index (χ2n) is 8.08. The summed E-state index contributed by atoms with van der Waals surface area (Å²) in [5.41, 5.74) is -1.02. The molecule has 0 saturated carbocycles. The van der Waals surface area contributed by atoms with Crippen LogP contribution in [0.1, 0.15) is 39.5 Å². The number of alkyl halides is 1. The smallest absolute Gasteiger partial charge is 0.246 e. The molecule has 3 fully saturated rings. The molecular weight excluding hydrogens is 430 g/mol. The lowest BCUT2D eigenvalue weighted by Gasteiger charge is -2.34. The number of ether oxygens (including phenoxy) is 1. The lowest BCUT2D eigenvalue weighted by Crippen LogP contribution is -2.57. The zero-order valence-electron chi connectivity index (χ0n) is 16.6. The monoisotopic (exact) mass is 459 g/mol. The molecule has 28 heavy (non-hydrogen) atoms. The molecular formula is C19H30BrN3O5. The topological polar surface area (TPSA) is 108 Å². The van der Waals surface area contributed by atoms with Gasteiger partial charge in [0.25, 0.3) is 0 Å². The van der Waals surface area contributed by atoms with Gasteiger partial charge in [0.05, 0.1) is 17.9 Å². The number of rotatable bonds is 8. The molecule has 3 aliphatic heterocycles. The van der Waals surface area contributed by atoms with Crippen molar-refractivity contribution in [2.24, 2.45) is 11.8 Å². The molecule has 2 bridgehead atoms. The molecule has 3 aliphatic rings. The third-order valence-corrected chi connectivity index (χ3v) is 7.10. The maximum absolute atomic E-state index is 13.3. The van der Waals surface area contributed by atoms with Gasteiger partial charge < -0.3 is 25.4 Å². The predicted octanol–water partition coefficient (Wildman–Crippen LogP) is 0.168. The Labute approximate surface area is 173 Å². The molecule has 1 spiro atoms. The van der Waals surface area contributed by atoms with Crippen molar-refractivity contribution < 1.29 is 24.2 Å². The van der Waals surface area contributed by atoms with Crippen LogP contribution in [0.25, 0.3) is 0 Å². The molecule has 0 aromatic rings. The Morgan fingerprint density at radius 2 is 2.14 bits per heavy atom. The summed E-state index contributed by atoms with van der Waals surface area (Å²) in [7, 11) is 1.55. The lowest BCUT2D eigenvalue weighted by molar-refractivity contribution is -0.142. The lowest BCUT2D eigenvalue weighted by atomic mass is 9.70. The molecule has 8 nitrogen and oxygen atoms in total. The van der Waals surface area contributed by atoms with Crippen LogP contribution in [0.2, 0.25) is 0 Å². The Balaban J connectivity index is 1.97. The number of aliphatic hydroxyl groups excluding tert-OH is 1. The third kappa shape index (κ3) is 3.25. The number of hydrogen-bond acceptors (Lipinski definition) is 5. The Bertz CT molecular complexity index is 647. The number of amides is 3. The quantitative estimate of drug-likeness (QED) is 0.448. The Kier molecular flexibility index (Phi) is 6.36. The second-order valence-corrected chi connectivity index (χ2v) is 9.26. The first-order valence-electron chi connectivity index (χ1n) is 10.1. The van der Waals surface area contributed by atoms with Crippen LogP contribution in [0.15, 0.2) is 0 Å². The van der Waals surface area contributed by atoms with Crippen molar-refractivity contribution in [1.82, 2.24) is 15.5 Å². The molecule has 3 amide bonds. The number of nitrogens with zero attached hydrogens (tertiary/aromatic N) is 1. The first-order chi connectivity index (χ1) is 13.3. The number of carbonyl (C=O) groups excluding carboxylic acids is 3. The third-order valence-electron chi connectivity index (χ3n) is 6.25. The summed E-state index contributed by atoms with van der Waals surface area (Å²) in [6, 6.07) is -0.814. The fourth-order valence-corrected chi connectivity index (χ4v) is 6.15. The summed E-state index contributed by atoms with van der Waals surface area (Å²) in [6.07, 6.45) is 2.21. The fourth-order valence-electron chi connectivity index (χ4n) is 5.20. The molecule has 7 atom stereocenters. The summed E-state index contributed by atoms with van der Waals surface area (Å²) in [6.45, 7) is 4.18.